The van der Waals surface area contributed by atoms with Gasteiger partial charge in [0.05, 0.1) is 0 Å². The van der Waals surface area contributed by atoms with Crippen LogP contribution >= 0.6 is 0 Å². The van der Waals surface area contributed by atoms with Crippen LogP contribution in [0.2, 0.25) is 0 Å². The van der Waals surface area contributed by atoms with Crippen LogP contribution in [0.3, 0.4) is 0 Å². The van der Waals surface area contributed by atoms with E-state index < -0.39 is 5.97 Å². The molecule has 0 amide bonds. The number of hydrogen-bond acceptors (Lipinski definition) is 1. The van der Waals surface area contributed by atoms with Gasteiger partial charge >= 0.3 is 5.97 Å². The molecule has 0 saturated heterocycles. The van der Waals surface area contributed by atoms with Gasteiger partial charge in [-0.25, -0.2) is 0 Å². The van der Waals surface area contributed by atoms with Crippen molar-refractivity contribution in [2.75, 3.05) is 0 Å². The van der Waals surface area contributed by atoms with Crippen LogP contribution in [0.25, 0.3) is 0 Å². The normalized spacial score (nSPS) is 12.2. The highest BCUT2D eigenvalue weighted by Gasteiger charge is 2.12. The van der Waals surface area contributed by atoms with Gasteiger partial charge in [0.1, 0.15) is 0 Å². The molecule has 1 atom stereocenters. The quantitative estimate of drug-likeness (QED) is 0.353. The molecule has 2 nitrogen and oxygen atoms in total. The van der Waals surface area contributed by atoms with E-state index in [9.17, 15) is 4.79 Å². The average Bonchev–Trinajstić information content (AvgIpc) is 2.59. The van der Waals surface area contributed by atoms with Crippen molar-refractivity contribution in [2.45, 2.75) is 96.3 Å². The van der Waals surface area contributed by atoms with Crippen molar-refractivity contribution in [3.05, 3.63) is 35.9 Å². The molecule has 136 valence electrons. The van der Waals surface area contributed by atoms with Crippen molar-refractivity contribution in [2.24, 2.45) is 0 Å². The van der Waals surface area contributed by atoms with Crippen molar-refractivity contribution in [1.82, 2.24) is 0 Å². The summed E-state index contributed by atoms with van der Waals surface area (Å²) in [6.45, 7) is 2.26. The Morgan fingerprint density at radius 1 is 0.833 bits per heavy atom. The molecule has 0 aliphatic carbocycles. The van der Waals surface area contributed by atoms with E-state index in [2.05, 4.69) is 31.2 Å². The van der Waals surface area contributed by atoms with E-state index in [0.29, 0.717) is 5.92 Å². The summed E-state index contributed by atoms with van der Waals surface area (Å²) in [5.74, 6) is -0.282. The standard InChI is InChI=1S/C22H36O2/c1-2-3-4-5-6-7-8-9-10-12-17-21(18-19-22(23)24)20-15-13-11-14-16-20/h11,13-16,21H,2-10,12,17-19H2,1H3,(H,23,24). The van der Waals surface area contributed by atoms with Crippen LogP contribution in [0.15, 0.2) is 30.3 Å². The van der Waals surface area contributed by atoms with Crippen LogP contribution in [0, 0.1) is 0 Å². The van der Waals surface area contributed by atoms with Crippen LogP contribution in [0.1, 0.15) is 102 Å². The van der Waals surface area contributed by atoms with Gasteiger partial charge in [0.15, 0.2) is 0 Å². The van der Waals surface area contributed by atoms with E-state index in [1.165, 1.54) is 69.8 Å². The lowest BCUT2D eigenvalue weighted by Crippen LogP contribution is -2.03. The Hall–Kier alpha value is -1.31. The minimum absolute atomic E-state index is 0.275. The molecule has 0 aromatic heterocycles. The van der Waals surface area contributed by atoms with Crippen LogP contribution in [-0.2, 0) is 4.79 Å². The predicted molar refractivity (Wildman–Crippen MR) is 103 cm³/mol. The van der Waals surface area contributed by atoms with E-state index in [1.807, 2.05) is 6.07 Å². The van der Waals surface area contributed by atoms with E-state index in [4.69, 9.17) is 5.11 Å². The molecule has 0 saturated carbocycles. The zero-order chi connectivity index (χ0) is 17.5. The van der Waals surface area contributed by atoms with Crippen LogP contribution in [0.5, 0.6) is 0 Å². The van der Waals surface area contributed by atoms with Gasteiger partial charge in [-0.15, -0.1) is 0 Å². The molecular weight excluding hydrogens is 296 g/mol. The Kier molecular flexibility index (Phi) is 12.2. The largest absolute Gasteiger partial charge is 0.481 e. The Labute approximate surface area is 148 Å². The third-order valence-electron chi connectivity index (χ3n) is 4.88. The first kappa shape index (κ1) is 20.7. The fourth-order valence-electron chi connectivity index (χ4n) is 3.38. The lowest BCUT2D eigenvalue weighted by atomic mass is 9.89. The number of carboxylic acids is 1. The molecule has 0 bridgehead atoms. The number of unbranched alkanes of at least 4 members (excludes halogenated alkanes) is 9. The van der Waals surface area contributed by atoms with Gasteiger partial charge in [-0.1, -0.05) is 101 Å². The van der Waals surface area contributed by atoms with Crippen LogP contribution < -0.4 is 0 Å². The SMILES string of the molecule is CCCCCCCCCCCCC(CCC(=O)O)c1ccccc1. The monoisotopic (exact) mass is 332 g/mol. The third kappa shape index (κ3) is 10.5. The number of rotatable bonds is 15. The van der Waals surface area contributed by atoms with E-state index in [-0.39, 0.29) is 6.42 Å². The highest BCUT2D eigenvalue weighted by molar-refractivity contribution is 5.66. The highest BCUT2D eigenvalue weighted by Crippen LogP contribution is 2.27. The molecule has 24 heavy (non-hydrogen) atoms. The Morgan fingerprint density at radius 3 is 1.92 bits per heavy atom. The summed E-state index contributed by atoms with van der Waals surface area (Å²) in [6, 6.07) is 10.4. The van der Waals surface area contributed by atoms with Crippen molar-refractivity contribution >= 4 is 5.97 Å². The number of hydrogen-bond donors (Lipinski definition) is 1. The van der Waals surface area contributed by atoms with Gasteiger partial charge in [-0.05, 0) is 24.3 Å². The van der Waals surface area contributed by atoms with E-state index in [0.717, 1.165) is 12.8 Å². The van der Waals surface area contributed by atoms with Crippen molar-refractivity contribution in [3.8, 4) is 0 Å². The number of carbonyl (C=O) groups is 1. The zero-order valence-electron chi connectivity index (χ0n) is 15.5. The average molecular weight is 333 g/mol. The Balaban J connectivity index is 2.15. The van der Waals surface area contributed by atoms with Crippen molar-refractivity contribution < 1.29 is 9.90 Å². The number of benzene rings is 1. The second-order valence-electron chi connectivity index (χ2n) is 7.01. The first-order chi connectivity index (χ1) is 11.7. The molecule has 2 heteroatoms. The van der Waals surface area contributed by atoms with Crippen LogP contribution in [0.4, 0.5) is 0 Å². The number of aliphatic carboxylic acids is 1. The number of carboxylic acid groups (broad SMARTS) is 1. The first-order valence-corrected chi connectivity index (χ1v) is 10.0. The second-order valence-corrected chi connectivity index (χ2v) is 7.01. The van der Waals surface area contributed by atoms with Crippen molar-refractivity contribution in [1.29, 1.82) is 0 Å². The molecule has 1 unspecified atom stereocenters. The summed E-state index contributed by atoms with van der Waals surface area (Å²) in [7, 11) is 0. The topological polar surface area (TPSA) is 37.3 Å². The summed E-state index contributed by atoms with van der Waals surface area (Å²) in [5.41, 5.74) is 1.30. The molecule has 1 rings (SSSR count). The zero-order valence-corrected chi connectivity index (χ0v) is 15.5. The molecule has 0 aliphatic rings. The smallest absolute Gasteiger partial charge is 0.303 e. The molecule has 0 fully saturated rings. The second kappa shape index (κ2) is 14.1. The molecule has 0 radical (unpaired) electrons. The van der Waals surface area contributed by atoms with E-state index >= 15 is 0 Å². The Morgan fingerprint density at radius 2 is 1.38 bits per heavy atom. The highest BCUT2D eigenvalue weighted by atomic mass is 16.4. The van der Waals surface area contributed by atoms with Gasteiger partial charge in [0.25, 0.3) is 0 Å². The minimum atomic E-state index is -0.681. The van der Waals surface area contributed by atoms with Gasteiger partial charge in [-0.2, -0.15) is 0 Å². The molecule has 0 spiro atoms. The summed E-state index contributed by atoms with van der Waals surface area (Å²) < 4.78 is 0. The first-order valence-electron chi connectivity index (χ1n) is 10.0. The summed E-state index contributed by atoms with van der Waals surface area (Å²) in [5, 5.41) is 8.96. The summed E-state index contributed by atoms with van der Waals surface area (Å²) >= 11 is 0. The maximum atomic E-state index is 10.9. The fraction of sp³-hybridized carbons (Fsp3) is 0.682. The van der Waals surface area contributed by atoms with Gasteiger partial charge in [0, 0.05) is 6.42 Å². The third-order valence-corrected chi connectivity index (χ3v) is 4.88. The van der Waals surface area contributed by atoms with Gasteiger partial charge in [-0.3, -0.25) is 4.79 Å². The summed E-state index contributed by atoms with van der Waals surface area (Å²) in [4.78, 5) is 10.9. The maximum Gasteiger partial charge on any atom is 0.303 e. The molecule has 1 N–H and O–H groups in total. The predicted octanol–water partition coefficient (Wildman–Crippen LogP) is 6.95. The molecule has 1 aromatic rings. The fourth-order valence-corrected chi connectivity index (χ4v) is 3.38. The molecule has 0 aliphatic heterocycles. The summed E-state index contributed by atoms with van der Waals surface area (Å²) in [6.07, 6.45) is 15.6. The van der Waals surface area contributed by atoms with Crippen molar-refractivity contribution in [3.63, 3.8) is 0 Å². The Bertz CT molecular complexity index is 413. The van der Waals surface area contributed by atoms with Crippen LogP contribution in [-0.4, -0.2) is 11.1 Å². The molecular formula is C22H36O2. The molecule has 1 aromatic carbocycles. The van der Waals surface area contributed by atoms with Gasteiger partial charge in [0.2, 0.25) is 0 Å². The maximum absolute atomic E-state index is 10.9. The lowest BCUT2D eigenvalue weighted by Gasteiger charge is -2.16. The molecule has 0 heterocycles. The minimum Gasteiger partial charge on any atom is -0.481 e. The van der Waals surface area contributed by atoms with Gasteiger partial charge < -0.3 is 5.11 Å². The van der Waals surface area contributed by atoms with E-state index in [1.54, 1.807) is 0 Å². The lowest BCUT2D eigenvalue weighted by molar-refractivity contribution is -0.137.